The molecule has 11 heteroatoms. The number of alkyl halides is 3. The van der Waals surface area contributed by atoms with Crippen LogP contribution >= 0.6 is 33.9 Å². The summed E-state index contributed by atoms with van der Waals surface area (Å²) in [5.41, 5.74) is 0. The van der Waals surface area contributed by atoms with Crippen LogP contribution in [0.4, 0.5) is 13.2 Å². The zero-order valence-electron chi connectivity index (χ0n) is 8.08. The summed E-state index contributed by atoms with van der Waals surface area (Å²) in [6, 6.07) is 3.31. The van der Waals surface area contributed by atoms with Crippen LogP contribution in [-0.4, -0.2) is 19.3 Å². The topological polar surface area (TPSA) is 63.6 Å². The highest BCUT2D eigenvalue weighted by atomic mass is 35.7. The molecule has 0 saturated heterocycles. The summed E-state index contributed by atoms with van der Waals surface area (Å²) in [5, 5.41) is 0.194. The molecule has 0 aromatic heterocycles. The lowest BCUT2D eigenvalue weighted by Gasteiger charge is -2.08. The van der Waals surface area contributed by atoms with Gasteiger partial charge in [0, 0.05) is 16.7 Å². The molecule has 0 saturated carbocycles. The molecule has 0 fully saturated rings. The number of rotatable bonds is 1. The van der Waals surface area contributed by atoms with Gasteiger partial charge in [-0.3, -0.25) is 4.55 Å². The Hall–Kier alpha value is -0.410. The molecule has 0 aliphatic carbocycles. The summed E-state index contributed by atoms with van der Waals surface area (Å²) < 4.78 is 63.8. The van der Waals surface area contributed by atoms with Crippen LogP contribution in [0.25, 0.3) is 0 Å². The molecule has 0 atom stereocenters. The summed E-state index contributed by atoms with van der Waals surface area (Å²) in [5.74, 6) is -0.387. The maximum atomic E-state index is 11.7. The van der Waals surface area contributed by atoms with Crippen LogP contribution in [-0.2, 0) is 9.33 Å². The summed E-state index contributed by atoms with van der Waals surface area (Å²) in [7, 11) is -0.137. The second kappa shape index (κ2) is 6.67. The predicted octanol–water partition coefficient (Wildman–Crippen LogP) is 3.92. The van der Waals surface area contributed by atoms with E-state index in [-0.39, 0.29) is 15.8 Å². The minimum absolute atomic E-state index is 0.0171. The van der Waals surface area contributed by atoms with Crippen molar-refractivity contribution in [3.05, 3.63) is 28.2 Å². The van der Waals surface area contributed by atoms with Gasteiger partial charge in [-0.05, 0) is 12.1 Å². The van der Waals surface area contributed by atoms with E-state index in [2.05, 4.69) is 15.4 Å². The molecule has 1 rings (SSSR count). The first-order valence-electron chi connectivity index (χ1n) is 3.76. The lowest BCUT2D eigenvalue weighted by Crippen LogP contribution is -2.16. The Labute approximate surface area is 114 Å². The van der Waals surface area contributed by atoms with Crippen LogP contribution in [0.1, 0.15) is 0 Å². The quantitative estimate of drug-likeness (QED) is 0.618. The third kappa shape index (κ3) is 10.7. The second-order valence-electron chi connectivity index (χ2n) is 2.54. The molecule has 0 unspecified atom stereocenters. The summed E-state index contributed by atoms with van der Waals surface area (Å²) in [6.45, 7) is 0. The fourth-order valence-corrected chi connectivity index (χ4v) is 0.962. The minimum atomic E-state index is -4.71. The first-order chi connectivity index (χ1) is 7.88. The van der Waals surface area contributed by atoms with E-state index in [1.165, 1.54) is 6.07 Å². The highest BCUT2D eigenvalue weighted by Gasteiger charge is 2.31. The van der Waals surface area contributed by atoms with E-state index in [0.717, 1.165) is 12.1 Å². The van der Waals surface area contributed by atoms with Gasteiger partial charge in [0.2, 0.25) is 0 Å². The maximum Gasteiger partial charge on any atom is 0.573 e. The number of hydrogen-bond acceptors (Lipinski definition) is 3. The highest BCUT2D eigenvalue weighted by molar-refractivity contribution is 8.09. The molecule has 1 aromatic rings. The molecule has 1 aromatic carbocycles. The molecule has 0 aliphatic rings. The standard InChI is InChI=1S/C7H3Cl2F3O.ClHO3S/c8-5-2-1-4(3-6(5)9)13-7(10,11)12;1-5(2,3)4/h1-3H;(H,2,3,4). The number of benzene rings is 1. The van der Waals surface area contributed by atoms with Gasteiger partial charge in [0.25, 0.3) is 0 Å². The molecule has 0 aliphatic heterocycles. The van der Waals surface area contributed by atoms with Crippen LogP contribution in [0.3, 0.4) is 0 Å². The van der Waals surface area contributed by atoms with E-state index in [1.54, 1.807) is 0 Å². The average Bonchev–Trinajstić information content (AvgIpc) is 2.06. The Balaban J connectivity index is 0.000000494. The molecule has 0 heterocycles. The van der Waals surface area contributed by atoms with E-state index in [9.17, 15) is 13.2 Å². The Kier molecular flexibility index (Phi) is 6.52. The molecular weight excluding hydrogens is 343 g/mol. The normalized spacial score (nSPS) is 11.5. The van der Waals surface area contributed by atoms with Crippen molar-refractivity contribution in [1.82, 2.24) is 0 Å². The fourth-order valence-electron chi connectivity index (χ4n) is 0.674. The van der Waals surface area contributed by atoms with Crippen LogP contribution in [0.2, 0.25) is 10.0 Å². The van der Waals surface area contributed by atoms with Crippen molar-refractivity contribution in [2.75, 3.05) is 0 Å². The van der Waals surface area contributed by atoms with Crippen molar-refractivity contribution >= 4 is 43.2 Å². The van der Waals surface area contributed by atoms with Gasteiger partial charge in [0.05, 0.1) is 10.0 Å². The second-order valence-corrected chi connectivity index (χ2v) is 5.34. The van der Waals surface area contributed by atoms with Gasteiger partial charge in [-0.1, -0.05) is 23.2 Å². The smallest absolute Gasteiger partial charge is 0.406 e. The van der Waals surface area contributed by atoms with E-state index in [1.807, 2.05) is 0 Å². The summed E-state index contributed by atoms with van der Waals surface area (Å²) in [6.07, 6.45) is -4.71. The zero-order chi connectivity index (χ0) is 14.6. The summed E-state index contributed by atoms with van der Waals surface area (Å²) >= 11 is 10.9. The van der Waals surface area contributed by atoms with Gasteiger partial charge < -0.3 is 4.74 Å². The molecule has 0 spiro atoms. The third-order valence-electron chi connectivity index (χ3n) is 1.12. The van der Waals surface area contributed by atoms with Crippen molar-refractivity contribution in [1.29, 1.82) is 0 Å². The minimum Gasteiger partial charge on any atom is -0.406 e. The van der Waals surface area contributed by atoms with Crippen molar-refractivity contribution in [2.45, 2.75) is 6.36 Å². The third-order valence-corrected chi connectivity index (χ3v) is 1.86. The fraction of sp³-hybridized carbons (Fsp3) is 0.143. The number of ether oxygens (including phenoxy) is 1. The Morgan fingerprint density at radius 2 is 1.61 bits per heavy atom. The van der Waals surface area contributed by atoms with Crippen molar-refractivity contribution < 1.29 is 30.9 Å². The van der Waals surface area contributed by atoms with Crippen molar-refractivity contribution in [2.24, 2.45) is 0 Å². The number of hydrogen-bond donors (Lipinski definition) is 1. The monoisotopic (exact) mass is 346 g/mol. The first kappa shape index (κ1) is 17.6. The van der Waals surface area contributed by atoms with E-state index in [0.29, 0.717) is 0 Å². The molecule has 18 heavy (non-hydrogen) atoms. The van der Waals surface area contributed by atoms with Crippen LogP contribution < -0.4 is 4.74 Å². The molecule has 4 nitrogen and oxygen atoms in total. The van der Waals surface area contributed by atoms with Gasteiger partial charge in [-0.2, -0.15) is 8.42 Å². The molecule has 1 N–H and O–H groups in total. The molecule has 0 bridgehead atoms. The lowest BCUT2D eigenvalue weighted by molar-refractivity contribution is -0.274. The van der Waals surface area contributed by atoms with Gasteiger partial charge in [0.15, 0.2) is 0 Å². The number of halogens is 6. The van der Waals surface area contributed by atoms with Gasteiger partial charge in [0.1, 0.15) is 5.75 Å². The van der Waals surface area contributed by atoms with Crippen LogP contribution in [0.5, 0.6) is 5.75 Å². The van der Waals surface area contributed by atoms with Crippen molar-refractivity contribution in [3.63, 3.8) is 0 Å². The Bertz CT molecular complexity index is 495. The Morgan fingerprint density at radius 3 is 1.94 bits per heavy atom. The maximum absolute atomic E-state index is 11.7. The zero-order valence-corrected chi connectivity index (χ0v) is 11.2. The molecule has 104 valence electrons. The van der Waals surface area contributed by atoms with Gasteiger partial charge >= 0.3 is 15.7 Å². The Morgan fingerprint density at radius 1 is 1.17 bits per heavy atom. The highest BCUT2D eigenvalue weighted by Crippen LogP contribution is 2.29. The van der Waals surface area contributed by atoms with Gasteiger partial charge in [-0.15, -0.1) is 13.2 Å². The lowest BCUT2D eigenvalue weighted by atomic mass is 10.3. The SMILES string of the molecule is FC(F)(F)Oc1ccc(Cl)c(Cl)c1.O=S(=O)(O)Cl. The van der Waals surface area contributed by atoms with E-state index in [4.69, 9.17) is 36.2 Å². The molecule has 0 radical (unpaired) electrons. The van der Waals surface area contributed by atoms with E-state index >= 15 is 0 Å². The van der Waals surface area contributed by atoms with Crippen LogP contribution in [0, 0.1) is 0 Å². The molecule has 0 amide bonds. The van der Waals surface area contributed by atoms with Crippen LogP contribution in [0.15, 0.2) is 18.2 Å². The van der Waals surface area contributed by atoms with E-state index < -0.39 is 15.7 Å². The average molecular weight is 348 g/mol. The molecular formula is C7H4Cl3F3O4S. The summed E-state index contributed by atoms with van der Waals surface area (Å²) in [4.78, 5) is 0. The van der Waals surface area contributed by atoms with Crippen molar-refractivity contribution in [3.8, 4) is 5.75 Å². The largest absolute Gasteiger partial charge is 0.573 e. The van der Waals surface area contributed by atoms with Gasteiger partial charge in [-0.25, -0.2) is 0 Å². The predicted molar refractivity (Wildman–Crippen MR) is 60.5 cm³/mol. The first-order valence-corrected chi connectivity index (χ1v) is 6.78.